The molecule has 1 amide bonds. The summed E-state index contributed by atoms with van der Waals surface area (Å²) in [5, 5.41) is 6.90. The summed E-state index contributed by atoms with van der Waals surface area (Å²) < 4.78 is 1.75. The van der Waals surface area contributed by atoms with Gasteiger partial charge in [0, 0.05) is 30.7 Å². The van der Waals surface area contributed by atoms with Gasteiger partial charge in [-0.05, 0) is 19.1 Å². The lowest BCUT2D eigenvalue weighted by Crippen LogP contribution is -2.36. The molecule has 2 aromatic rings. The largest absolute Gasteiger partial charge is 0.348 e. The lowest BCUT2D eigenvalue weighted by atomic mass is 10.2. The Morgan fingerprint density at radius 3 is 3.00 bits per heavy atom. The summed E-state index contributed by atoms with van der Waals surface area (Å²) in [6.07, 6.45) is 4.93. The number of amides is 1. The smallest absolute Gasteiger partial charge is 0.253 e. The molecule has 0 aliphatic rings. The molecule has 2 heterocycles. The molecule has 0 saturated carbocycles. The SMILES string of the molecule is C[C@H](Cn1cccn1)NC(=O)c1ccc(=O)[nH]c1. The van der Waals surface area contributed by atoms with Gasteiger partial charge in [0.1, 0.15) is 0 Å². The summed E-state index contributed by atoms with van der Waals surface area (Å²) in [5.74, 6) is -0.217. The van der Waals surface area contributed by atoms with Crippen molar-refractivity contribution in [3.8, 4) is 0 Å². The summed E-state index contributed by atoms with van der Waals surface area (Å²) in [5.41, 5.74) is 0.207. The molecule has 0 unspecified atom stereocenters. The minimum atomic E-state index is -0.226. The molecule has 0 aliphatic heterocycles. The molecule has 0 aliphatic carbocycles. The van der Waals surface area contributed by atoms with Crippen LogP contribution in [0.25, 0.3) is 0 Å². The zero-order valence-corrected chi connectivity index (χ0v) is 9.96. The van der Waals surface area contributed by atoms with E-state index in [2.05, 4.69) is 15.4 Å². The van der Waals surface area contributed by atoms with E-state index in [0.29, 0.717) is 12.1 Å². The monoisotopic (exact) mass is 246 g/mol. The first-order valence-electron chi connectivity index (χ1n) is 5.62. The van der Waals surface area contributed by atoms with Gasteiger partial charge in [-0.1, -0.05) is 0 Å². The number of hydrogen-bond acceptors (Lipinski definition) is 3. The van der Waals surface area contributed by atoms with Crippen LogP contribution in [0, 0.1) is 0 Å². The number of H-pyrrole nitrogens is 1. The zero-order chi connectivity index (χ0) is 13.0. The number of carbonyl (C=O) groups is 1. The van der Waals surface area contributed by atoms with Crippen molar-refractivity contribution < 1.29 is 4.79 Å². The number of rotatable bonds is 4. The van der Waals surface area contributed by atoms with Crippen molar-refractivity contribution in [2.75, 3.05) is 0 Å². The molecule has 6 heteroatoms. The minimum Gasteiger partial charge on any atom is -0.348 e. The van der Waals surface area contributed by atoms with Gasteiger partial charge in [0.15, 0.2) is 0 Å². The fraction of sp³-hybridized carbons (Fsp3) is 0.250. The highest BCUT2D eigenvalue weighted by molar-refractivity contribution is 5.93. The van der Waals surface area contributed by atoms with Crippen molar-refractivity contribution >= 4 is 5.91 Å². The molecule has 6 nitrogen and oxygen atoms in total. The Morgan fingerprint density at radius 2 is 2.39 bits per heavy atom. The summed E-state index contributed by atoms with van der Waals surface area (Å²) in [7, 11) is 0. The van der Waals surface area contributed by atoms with Crippen molar-refractivity contribution in [2.24, 2.45) is 0 Å². The highest BCUT2D eigenvalue weighted by Gasteiger charge is 2.10. The van der Waals surface area contributed by atoms with E-state index in [0.717, 1.165) is 0 Å². The van der Waals surface area contributed by atoms with Crippen molar-refractivity contribution in [3.05, 3.63) is 52.7 Å². The van der Waals surface area contributed by atoms with Crippen LogP contribution in [0.15, 0.2) is 41.6 Å². The quantitative estimate of drug-likeness (QED) is 0.819. The molecule has 2 N–H and O–H groups in total. The van der Waals surface area contributed by atoms with E-state index in [-0.39, 0.29) is 17.5 Å². The Labute approximate surface area is 104 Å². The Bertz CT molecular complexity index is 554. The van der Waals surface area contributed by atoms with Gasteiger partial charge in [-0.25, -0.2) is 0 Å². The van der Waals surface area contributed by atoms with E-state index < -0.39 is 0 Å². The van der Waals surface area contributed by atoms with Crippen molar-refractivity contribution in [2.45, 2.75) is 19.5 Å². The minimum absolute atomic E-state index is 0.0515. The second kappa shape index (κ2) is 5.31. The highest BCUT2D eigenvalue weighted by atomic mass is 16.2. The summed E-state index contributed by atoms with van der Waals surface area (Å²) in [4.78, 5) is 25.2. The van der Waals surface area contributed by atoms with Gasteiger partial charge >= 0.3 is 0 Å². The Balaban J connectivity index is 1.94. The maximum Gasteiger partial charge on any atom is 0.253 e. The third-order valence-electron chi connectivity index (χ3n) is 2.44. The molecule has 18 heavy (non-hydrogen) atoms. The molecule has 0 radical (unpaired) electrons. The van der Waals surface area contributed by atoms with Crippen LogP contribution >= 0.6 is 0 Å². The summed E-state index contributed by atoms with van der Waals surface area (Å²) in [6, 6.07) is 4.60. The molecule has 0 saturated heterocycles. The van der Waals surface area contributed by atoms with Crippen LogP contribution in [0.1, 0.15) is 17.3 Å². The van der Waals surface area contributed by atoms with Crippen LogP contribution in [0.3, 0.4) is 0 Å². The highest BCUT2D eigenvalue weighted by Crippen LogP contribution is 1.96. The van der Waals surface area contributed by atoms with Crippen molar-refractivity contribution in [3.63, 3.8) is 0 Å². The van der Waals surface area contributed by atoms with Gasteiger partial charge in [0.25, 0.3) is 5.91 Å². The first kappa shape index (κ1) is 12.1. The first-order valence-corrected chi connectivity index (χ1v) is 5.62. The van der Waals surface area contributed by atoms with Crippen molar-refractivity contribution in [1.29, 1.82) is 0 Å². The van der Waals surface area contributed by atoms with Gasteiger partial charge in [-0.3, -0.25) is 14.3 Å². The molecule has 0 bridgehead atoms. The van der Waals surface area contributed by atoms with Crippen LogP contribution < -0.4 is 10.9 Å². The third-order valence-corrected chi connectivity index (χ3v) is 2.44. The Hall–Kier alpha value is -2.37. The van der Waals surface area contributed by atoms with Gasteiger partial charge in [-0.15, -0.1) is 0 Å². The van der Waals surface area contributed by atoms with Crippen LogP contribution in [0.4, 0.5) is 0 Å². The summed E-state index contributed by atoms with van der Waals surface area (Å²) in [6.45, 7) is 2.49. The standard InChI is InChI=1S/C12H14N4O2/c1-9(8-16-6-2-5-14-16)15-12(18)10-3-4-11(17)13-7-10/h2-7,9H,8H2,1H3,(H,13,17)(H,15,18)/t9-/m1/s1. The topological polar surface area (TPSA) is 79.8 Å². The van der Waals surface area contributed by atoms with Gasteiger partial charge in [0.05, 0.1) is 12.1 Å². The lowest BCUT2D eigenvalue weighted by Gasteiger charge is -2.13. The van der Waals surface area contributed by atoms with Crippen molar-refractivity contribution in [1.82, 2.24) is 20.1 Å². The van der Waals surface area contributed by atoms with Gasteiger partial charge in [0.2, 0.25) is 5.56 Å². The molecule has 2 aromatic heterocycles. The van der Waals surface area contributed by atoms with Gasteiger partial charge < -0.3 is 10.3 Å². The average Bonchev–Trinajstić information content (AvgIpc) is 2.82. The van der Waals surface area contributed by atoms with Crippen LogP contribution in [-0.2, 0) is 6.54 Å². The molecular weight excluding hydrogens is 232 g/mol. The predicted octanol–water partition coefficient (Wildman–Crippen LogP) is 0.390. The first-order chi connectivity index (χ1) is 8.65. The molecule has 0 fully saturated rings. The van der Waals surface area contributed by atoms with Crippen LogP contribution in [0.5, 0.6) is 0 Å². The Morgan fingerprint density at radius 1 is 1.56 bits per heavy atom. The number of aromatic nitrogens is 3. The molecule has 94 valence electrons. The van der Waals surface area contributed by atoms with E-state index in [9.17, 15) is 9.59 Å². The number of nitrogens with zero attached hydrogens (tertiary/aromatic N) is 2. The number of pyridine rings is 1. The number of carbonyl (C=O) groups excluding carboxylic acids is 1. The van der Waals surface area contributed by atoms with E-state index in [1.54, 1.807) is 10.9 Å². The molecule has 2 rings (SSSR count). The summed E-state index contributed by atoms with van der Waals surface area (Å²) >= 11 is 0. The van der Waals surface area contributed by atoms with Crippen LogP contribution in [-0.4, -0.2) is 26.7 Å². The average molecular weight is 246 g/mol. The number of hydrogen-bond donors (Lipinski definition) is 2. The Kier molecular flexibility index (Phi) is 3.57. The van der Waals surface area contributed by atoms with Crippen LogP contribution in [0.2, 0.25) is 0 Å². The second-order valence-corrected chi connectivity index (χ2v) is 4.04. The molecule has 0 aromatic carbocycles. The maximum atomic E-state index is 11.8. The van der Waals surface area contributed by atoms with E-state index in [1.165, 1.54) is 18.3 Å². The van der Waals surface area contributed by atoms with E-state index in [4.69, 9.17) is 0 Å². The molecule has 1 atom stereocenters. The molecular formula is C12H14N4O2. The third kappa shape index (κ3) is 3.07. The number of aromatic amines is 1. The number of nitrogens with one attached hydrogen (secondary N) is 2. The zero-order valence-electron chi connectivity index (χ0n) is 9.96. The van der Waals surface area contributed by atoms with E-state index in [1.807, 2.05) is 19.2 Å². The second-order valence-electron chi connectivity index (χ2n) is 4.04. The predicted molar refractivity (Wildman–Crippen MR) is 66.2 cm³/mol. The van der Waals surface area contributed by atoms with E-state index >= 15 is 0 Å². The molecule has 0 spiro atoms. The van der Waals surface area contributed by atoms with Gasteiger partial charge in [-0.2, -0.15) is 5.10 Å². The maximum absolute atomic E-state index is 11.8. The normalized spacial score (nSPS) is 12.1. The fourth-order valence-corrected chi connectivity index (χ4v) is 1.59. The lowest BCUT2D eigenvalue weighted by molar-refractivity contribution is 0.0935. The fourth-order valence-electron chi connectivity index (χ4n) is 1.59.